The molecule has 0 bridgehead atoms. The zero-order valence-electron chi connectivity index (χ0n) is 16.4. The Labute approximate surface area is 187 Å². The number of nitrogens with zero attached hydrogens (tertiary/aromatic N) is 5. The van der Waals surface area contributed by atoms with Crippen molar-refractivity contribution in [2.45, 2.75) is 23.1 Å². The second kappa shape index (κ2) is 9.68. The van der Waals surface area contributed by atoms with Gasteiger partial charge in [0.05, 0.1) is 29.8 Å². The Balaban J connectivity index is 1.28. The number of thioether (sulfide) groups is 1. The van der Waals surface area contributed by atoms with E-state index >= 15 is 0 Å². The van der Waals surface area contributed by atoms with Gasteiger partial charge in [0, 0.05) is 24.9 Å². The maximum absolute atomic E-state index is 12.6. The standard InChI is InChI=1S/C21H18N6O2S2/c22-10-14-4-6-15(7-5-14)13-30-21-26-25-20(31-21)24-19(29)16-9-18(28)27(11-16)12-17-3-1-2-8-23-17/h1-8,16H,9,11-13H2,(H,24,25,29). The minimum Gasteiger partial charge on any atom is -0.336 e. The fourth-order valence-electron chi connectivity index (χ4n) is 3.13. The quantitative estimate of drug-likeness (QED) is 0.435. The van der Waals surface area contributed by atoms with Crippen molar-refractivity contribution < 1.29 is 9.59 Å². The van der Waals surface area contributed by atoms with Gasteiger partial charge in [0.2, 0.25) is 16.9 Å². The van der Waals surface area contributed by atoms with E-state index in [0.717, 1.165) is 15.6 Å². The van der Waals surface area contributed by atoms with Crippen LogP contribution in [0.25, 0.3) is 0 Å². The van der Waals surface area contributed by atoms with Crippen molar-refractivity contribution in [3.8, 4) is 6.07 Å². The predicted molar refractivity (Wildman–Crippen MR) is 117 cm³/mol. The Morgan fingerprint density at radius 1 is 1.26 bits per heavy atom. The van der Waals surface area contributed by atoms with E-state index in [1.54, 1.807) is 23.2 Å². The van der Waals surface area contributed by atoms with Crippen molar-refractivity contribution in [1.29, 1.82) is 5.26 Å². The molecule has 1 N–H and O–H groups in total. The summed E-state index contributed by atoms with van der Waals surface area (Å²) in [7, 11) is 0. The molecule has 3 aromatic rings. The number of nitriles is 1. The lowest BCUT2D eigenvalue weighted by Gasteiger charge is -2.15. The number of amides is 2. The van der Waals surface area contributed by atoms with Crippen LogP contribution in [0.4, 0.5) is 5.13 Å². The summed E-state index contributed by atoms with van der Waals surface area (Å²) in [6.07, 6.45) is 1.87. The third-order valence-electron chi connectivity index (χ3n) is 4.75. The lowest BCUT2D eigenvalue weighted by atomic mass is 10.1. The maximum atomic E-state index is 12.6. The fourth-order valence-corrected chi connectivity index (χ4v) is 4.85. The Morgan fingerprint density at radius 3 is 2.84 bits per heavy atom. The molecule has 1 atom stereocenters. The molecule has 10 heteroatoms. The summed E-state index contributed by atoms with van der Waals surface area (Å²) in [5.74, 6) is -0.0123. The minimum absolute atomic E-state index is 0.0540. The van der Waals surface area contributed by atoms with Crippen molar-refractivity contribution >= 4 is 40.0 Å². The molecule has 0 saturated carbocycles. The second-order valence-corrected chi connectivity index (χ2v) is 9.16. The van der Waals surface area contributed by atoms with Gasteiger partial charge in [-0.05, 0) is 29.8 Å². The SMILES string of the molecule is N#Cc1ccc(CSc2nnc(NC(=O)C3CC(=O)N(Cc4ccccn4)C3)s2)cc1. The van der Waals surface area contributed by atoms with E-state index in [4.69, 9.17) is 5.26 Å². The molecular weight excluding hydrogens is 432 g/mol. The summed E-state index contributed by atoms with van der Waals surface area (Å²) in [5, 5.41) is 20.2. The molecule has 156 valence electrons. The van der Waals surface area contributed by atoms with E-state index in [-0.39, 0.29) is 18.2 Å². The molecule has 3 heterocycles. The molecule has 1 saturated heterocycles. The Kier molecular flexibility index (Phi) is 6.54. The molecule has 0 aliphatic carbocycles. The number of rotatable bonds is 7. The zero-order chi connectivity index (χ0) is 21.6. The number of carbonyl (C=O) groups excluding carboxylic acids is 2. The van der Waals surface area contributed by atoms with Crippen LogP contribution < -0.4 is 5.32 Å². The van der Waals surface area contributed by atoms with Crippen LogP contribution in [0.15, 0.2) is 53.0 Å². The van der Waals surface area contributed by atoms with Crippen molar-refractivity contribution in [3.05, 3.63) is 65.5 Å². The van der Waals surface area contributed by atoms with Crippen molar-refractivity contribution in [1.82, 2.24) is 20.1 Å². The van der Waals surface area contributed by atoms with Gasteiger partial charge in [-0.2, -0.15) is 5.26 Å². The average molecular weight is 451 g/mol. The summed E-state index contributed by atoms with van der Waals surface area (Å²) in [6, 6.07) is 15.0. The first-order chi connectivity index (χ1) is 15.1. The molecule has 2 amide bonds. The van der Waals surface area contributed by atoms with Crippen LogP contribution >= 0.6 is 23.1 Å². The third-order valence-corrected chi connectivity index (χ3v) is 6.79. The van der Waals surface area contributed by atoms with E-state index in [1.165, 1.54) is 23.1 Å². The number of pyridine rings is 1. The van der Waals surface area contributed by atoms with Crippen LogP contribution in [0.5, 0.6) is 0 Å². The van der Waals surface area contributed by atoms with Crippen molar-refractivity contribution in [3.63, 3.8) is 0 Å². The normalized spacial score (nSPS) is 15.6. The van der Waals surface area contributed by atoms with Gasteiger partial charge in [0.25, 0.3) is 0 Å². The summed E-state index contributed by atoms with van der Waals surface area (Å²) in [6.45, 7) is 0.763. The lowest BCUT2D eigenvalue weighted by molar-refractivity contribution is -0.128. The highest BCUT2D eigenvalue weighted by atomic mass is 32.2. The molecule has 1 aromatic carbocycles. The number of hydrogen-bond donors (Lipinski definition) is 1. The Hall–Kier alpha value is -3.29. The molecule has 31 heavy (non-hydrogen) atoms. The lowest BCUT2D eigenvalue weighted by Crippen LogP contribution is -2.28. The molecule has 1 fully saturated rings. The van der Waals surface area contributed by atoms with Gasteiger partial charge >= 0.3 is 0 Å². The molecule has 0 spiro atoms. The molecule has 0 radical (unpaired) electrons. The summed E-state index contributed by atoms with van der Waals surface area (Å²) >= 11 is 2.81. The molecule has 2 aromatic heterocycles. The van der Waals surface area contributed by atoms with E-state index in [1.807, 2.05) is 30.3 Å². The van der Waals surface area contributed by atoms with E-state index in [2.05, 4.69) is 26.6 Å². The third kappa shape index (κ3) is 5.45. The van der Waals surface area contributed by atoms with Gasteiger partial charge < -0.3 is 10.2 Å². The largest absolute Gasteiger partial charge is 0.336 e. The van der Waals surface area contributed by atoms with Crippen LogP contribution in [0.1, 0.15) is 23.2 Å². The van der Waals surface area contributed by atoms with Gasteiger partial charge in [-0.25, -0.2) is 0 Å². The minimum atomic E-state index is -0.421. The number of nitrogens with one attached hydrogen (secondary N) is 1. The van der Waals surface area contributed by atoms with E-state index in [9.17, 15) is 9.59 Å². The molecule has 1 aliphatic heterocycles. The van der Waals surface area contributed by atoms with Crippen LogP contribution in [-0.2, 0) is 21.9 Å². The predicted octanol–water partition coefficient (Wildman–Crippen LogP) is 3.08. The first-order valence-electron chi connectivity index (χ1n) is 9.54. The molecule has 1 unspecified atom stereocenters. The smallest absolute Gasteiger partial charge is 0.231 e. The Morgan fingerprint density at radius 2 is 2.10 bits per heavy atom. The highest BCUT2D eigenvalue weighted by Crippen LogP contribution is 2.29. The highest BCUT2D eigenvalue weighted by molar-refractivity contribution is 8.00. The van der Waals surface area contributed by atoms with Gasteiger partial charge in [-0.3, -0.25) is 14.6 Å². The van der Waals surface area contributed by atoms with Gasteiger partial charge in [0.1, 0.15) is 0 Å². The topological polar surface area (TPSA) is 112 Å². The molecule has 4 rings (SSSR count). The van der Waals surface area contributed by atoms with Crippen molar-refractivity contribution in [2.75, 3.05) is 11.9 Å². The number of carbonyl (C=O) groups is 2. The van der Waals surface area contributed by atoms with Gasteiger partial charge in [0.15, 0.2) is 4.34 Å². The van der Waals surface area contributed by atoms with Crippen LogP contribution in [0.3, 0.4) is 0 Å². The second-order valence-electron chi connectivity index (χ2n) is 6.96. The monoisotopic (exact) mass is 450 g/mol. The number of anilines is 1. The Bertz CT molecular complexity index is 1110. The summed E-state index contributed by atoms with van der Waals surface area (Å²) in [5.41, 5.74) is 2.49. The first-order valence-corrected chi connectivity index (χ1v) is 11.3. The summed E-state index contributed by atoms with van der Waals surface area (Å²) in [4.78, 5) is 30.8. The molecule has 1 aliphatic rings. The molecule has 8 nitrogen and oxygen atoms in total. The van der Waals surface area contributed by atoms with Crippen LogP contribution in [0, 0.1) is 17.2 Å². The molecular formula is C21H18N6O2S2. The highest BCUT2D eigenvalue weighted by Gasteiger charge is 2.34. The zero-order valence-corrected chi connectivity index (χ0v) is 18.0. The summed E-state index contributed by atoms with van der Waals surface area (Å²) < 4.78 is 0.735. The van der Waals surface area contributed by atoms with Crippen LogP contribution in [-0.4, -0.2) is 38.4 Å². The first kappa shape index (κ1) is 21.0. The van der Waals surface area contributed by atoms with Crippen molar-refractivity contribution in [2.24, 2.45) is 5.92 Å². The maximum Gasteiger partial charge on any atom is 0.231 e. The van der Waals surface area contributed by atoms with Crippen LogP contribution in [0.2, 0.25) is 0 Å². The van der Waals surface area contributed by atoms with E-state index in [0.29, 0.717) is 29.5 Å². The number of hydrogen-bond acceptors (Lipinski definition) is 8. The number of benzene rings is 1. The van der Waals surface area contributed by atoms with Gasteiger partial charge in [-0.15, -0.1) is 10.2 Å². The number of aromatic nitrogens is 3. The average Bonchev–Trinajstić information content (AvgIpc) is 3.40. The number of likely N-dealkylation sites (tertiary alicyclic amines) is 1. The fraction of sp³-hybridized carbons (Fsp3) is 0.238. The van der Waals surface area contributed by atoms with E-state index < -0.39 is 5.92 Å². The van der Waals surface area contributed by atoms with Gasteiger partial charge in [-0.1, -0.05) is 41.3 Å².